The highest BCUT2D eigenvalue weighted by Gasteiger charge is 2.28. The molecule has 0 heterocycles. The maximum atomic E-state index is 11.5. The van der Waals surface area contributed by atoms with E-state index in [0.29, 0.717) is 10.9 Å². The summed E-state index contributed by atoms with van der Waals surface area (Å²) in [5.74, 6) is 0.783. The van der Waals surface area contributed by atoms with E-state index in [1.54, 1.807) is 26.3 Å². The Labute approximate surface area is 186 Å². The van der Waals surface area contributed by atoms with Crippen LogP contribution in [0.2, 0.25) is 0 Å². The Bertz CT molecular complexity index is 706. The lowest BCUT2D eigenvalue weighted by molar-refractivity contribution is 0.144. The summed E-state index contributed by atoms with van der Waals surface area (Å²) < 4.78 is 28.2. The standard InChI is InChI=1S/C19H32N4O3S.HI/c1-20-19(22-12-13-23(14-15-26-2)17-6-7-17)21-11-10-16-4-8-18(9-5-16)27(3,24)25;/h4-5,8-9,17H,6-7,10-15H2,1-3H3,(H2,20,21,22);1H. The number of sulfone groups is 1. The summed E-state index contributed by atoms with van der Waals surface area (Å²) in [6, 6.07) is 7.75. The van der Waals surface area contributed by atoms with Crippen molar-refractivity contribution in [2.24, 2.45) is 4.99 Å². The molecule has 1 aliphatic carbocycles. The predicted octanol–water partition coefficient (Wildman–Crippen LogP) is 1.53. The summed E-state index contributed by atoms with van der Waals surface area (Å²) in [6.45, 7) is 4.28. The minimum Gasteiger partial charge on any atom is -0.383 e. The van der Waals surface area contributed by atoms with Gasteiger partial charge in [0.2, 0.25) is 0 Å². The van der Waals surface area contributed by atoms with E-state index in [-0.39, 0.29) is 24.0 Å². The normalized spacial score (nSPS) is 14.6. The smallest absolute Gasteiger partial charge is 0.191 e. The summed E-state index contributed by atoms with van der Waals surface area (Å²) in [4.78, 5) is 7.07. The average Bonchev–Trinajstić information content (AvgIpc) is 3.48. The summed E-state index contributed by atoms with van der Waals surface area (Å²) in [7, 11) is 0.364. The lowest BCUT2D eigenvalue weighted by Crippen LogP contribution is -2.43. The molecule has 0 unspecified atom stereocenters. The zero-order valence-corrected chi connectivity index (χ0v) is 20.1. The number of nitrogens with one attached hydrogen (secondary N) is 2. The van der Waals surface area contributed by atoms with Crippen molar-refractivity contribution in [3.63, 3.8) is 0 Å². The van der Waals surface area contributed by atoms with E-state index in [9.17, 15) is 8.42 Å². The number of guanidine groups is 1. The molecule has 28 heavy (non-hydrogen) atoms. The molecular weight excluding hydrogens is 491 g/mol. The van der Waals surface area contributed by atoms with Gasteiger partial charge in [0.25, 0.3) is 0 Å². The first kappa shape index (κ1) is 25.1. The Morgan fingerprint density at radius 3 is 2.36 bits per heavy atom. The molecule has 1 fully saturated rings. The zero-order valence-electron chi connectivity index (χ0n) is 17.0. The molecule has 0 atom stereocenters. The second-order valence-electron chi connectivity index (χ2n) is 6.85. The first-order chi connectivity index (χ1) is 12.9. The molecule has 0 bridgehead atoms. The number of halogens is 1. The average molecular weight is 524 g/mol. The van der Waals surface area contributed by atoms with E-state index < -0.39 is 9.84 Å². The number of hydrogen-bond donors (Lipinski definition) is 2. The highest BCUT2D eigenvalue weighted by molar-refractivity contribution is 14.0. The van der Waals surface area contributed by atoms with E-state index in [1.165, 1.54) is 19.1 Å². The van der Waals surface area contributed by atoms with E-state index >= 15 is 0 Å². The summed E-state index contributed by atoms with van der Waals surface area (Å²) >= 11 is 0. The minimum atomic E-state index is -3.14. The van der Waals surface area contributed by atoms with Gasteiger partial charge < -0.3 is 15.4 Å². The summed E-state index contributed by atoms with van der Waals surface area (Å²) in [5, 5.41) is 6.65. The van der Waals surface area contributed by atoms with Crippen molar-refractivity contribution >= 4 is 39.8 Å². The van der Waals surface area contributed by atoms with Crippen LogP contribution in [0, 0.1) is 0 Å². The molecule has 1 aliphatic rings. The third kappa shape index (κ3) is 9.06. The zero-order chi connectivity index (χ0) is 19.7. The van der Waals surface area contributed by atoms with Crippen LogP contribution in [-0.2, 0) is 21.0 Å². The Hall–Kier alpha value is -0.910. The van der Waals surface area contributed by atoms with Gasteiger partial charge in [-0.1, -0.05) is 12.1 Å². The van der Waals surface area contributed by atoms with Crippen molar-refractivity contribution in [3.8, 4) is 0 Å². The fourth-order valence-electron chi connectivity index (χ4n) is 2.89. The van der Waals surface area contributed by atoms with E-state index in [4.69, 9.17) is 4.74 Å². The van der Waals surface area contributed by atoms with Gasteiger partial charge in [-0.15, -0.1) is 24.0 Å². The summed E-state index contributed by atoms with van der Waals surface area (Å²) in [5.41, 5.74) is 1.09. The van der Waals surface area contributed by atoms with Gasteiger partial charge in [0.05, 0.1) is 11.5 Å². The Morgan fingerprint density at radius 2 is 1.82 bits per heavy atom. The van der Waals surface area contributed by atoms with Crippen molar-refractivity contribution in [1.82, 2.24) is 15.5 Å². The third-order valence-corrected chi connectivity index (χ3v) is 5.75. The number of methoxy groups -OCH3 is 1. The second kappa shape index (κ2) is 12.6. The number of rotatable bonds is 11. The van der Waals surface area contributed by atoms with Crippen LogP contribution < -0.4 is 10.6 Å². The Kier molecular flexibility index (Phi) is 11.3. The molecule has 0 spiro atoms. The highest BCUT2D eigenvalue weighted by Crippen LogP contribution is 2.25. The van der Waals surface area contributed by atoms with Crippen LogP contribution in [0.1, 0.15) is 18.4 Å². The molecule has 2 rings (SSSR count). The monoisotopic (exact) mass is 524 g/mol. The topological polar surface area (TPSA) is 83.0 Å². The van der Waals surface area contributed by atoms with Crippen LogP contribution in [0.15, 0.2) is 34.2 Å². The Morgan fingerprint density at radius 1 is 1.18 bits per heavy atom. The highest BCUT2D eigenvalue weighted by atomic mass is 127. The number of ether oxygens (including phenoxy) is 1. The molecular formula is C19H33IN4O3S. The van der Waals surface area contributed by atoms with E-state index in [0.717, 1.165) is 50.7 Å². The third-order valence-electron chi connectivity index (χ3n) is 4.62. The number of nitrogens with zero attached hydrogens (tertiary/aromatic N) is 2. The molecule has 1 saturated carbocycles. The fraction of sp³-hybridized carbons (Fsp3) is 0.632. The second-order valence-corrected chi connectivity index (χ2v) is 8.87. The number of benzene rings is 1. The molecule has 9 heteroatoms. The lowest BCUT2D eigenvalue weighted by atomic mass is 10.1. The minimum absolute atomic E-state index is 0. The van der Waals surface area contributed by atoms with Gasteiger partial charge in [0.15, 0.2) is 15.8 Å². The quantitative estimate of drug-likeness (QED) is 0.260. The SMILES string of the molecule is CN=C(NCCc1ccc(S(C)(=O)=O)cc1)NCCN(CCOC)C1CC1.I. The maximum absolute atomic E-state index is 11.5. The Balaban J connectivity index is 0.00000392. The van der Waals surface area contributed by atoms with Gasteiger partial charge >= 0.3 is 0 Å². The van der Waals surface area contributed by atoms with Crippen molar-refractivity contribution in [2.75, 3.05) is 53.2 Å². The van der Waals surface area contributed by atoms with Gasteiger partial charge in [-0.05, 0) is 37.0 Å². The molecule has 160 valence electrons. The molecule has 2 N–H and O–H groups in total. The van der Waals surface area contributed by atoms with Gasteiger partial charge in [-0.25, -0.2) is 8.42 Å². The van der Waals surface area contributed by atoms with Gasteiger partial charge in [-0.2, -0.15) is 0 Å². The number of hydrogen-bond acceptors (Lipinski definition) is 5. The van der Waals surface area contributed by atoms with E-state index in [1.807, 2.05) is 12.1 Å². The van der Waals surface area contributed by atoms with Crippen LogP contribution in [-0.4, -0.2) is 78.5 Å². The van der Waals surface area contributed by atoms with Crippen molar-refractivity contribution in [3.05, 3.63) is 29.8 Å². The predicted molar refractivity (Wildman–Crippen MR) is 125 cm³/mol. The van der Waals surface area contributed by atoms with Crippen LogP contribution in [0.25, 0.3) is 0 Å². The lowest BCUT2D eigenvalue weighted by Gasteiger charge is -2.22. The van der Waals surface area contributed by atoms with E-state index in [2.05, 4.69) is 20.5 Å². The maximum Gasteiger partial charge on any atom is 0.191 e. The first-order valence-corrected chi connectivity index (χ1v) is 11.3. The van der Waals surface area contributed by atoms with Crippen LogP contribution in [0.4, 0.5) is 0 Å². The molecule has 7 nitrogen and oxygen atoms in total. The fourth-order valence-corrected chi connectivity index (χ4v) is 3.52. The van der Waals surface area contributed by atoms with Gasteiger partial charge in [0, 0.05) is 52.6 Å². The van der Waals surface area contributed by atoms with Crippen molar-refractivity contribution in [1.29, 1.82) is 0 Å². The molecule has 0 amide bonds. The molecule has 0 aliphatic heterocycles. The van der Waals surface area contributed by atoms with Crippen LogP contribution in [0.3, 0.4) is 0 Å². The molecule has 0 saturated heterocycles. The van der Waals surface area contributed by atoms with Crippen molar-refractivity contribution < 1.29 is 13.2 Å². The molecule has 0 radical (unpaired) electrons. The van der Waals surface area contributed by atoms with Crippen molar-refractivity contribution in [2.45, 2.75) is 30.2 Å². The van der Waals surface area contributed by atoms with Crippen LogP contribution >= 0.6 is 24.0 Å². The number of aliphatic imine (C=N–C) groups is 1. The first-order valence-electron chi connectivity index (χ1n) is 9.40. The van der Waals surface area contributed by atoms with Gasteiger partial charge in [0.1, 0.15) is 0 Å². The van der Waals surface area contributed by atoms with Gasteiger partial charge in [-0.3, -0.25) is 9.89 Å². The molecule has 1 aromatic rings. The molecule has 1 aromatic carbocycles. The summed E-state index contributed by atoms with van der Waals surface area (Å²) in [6.07, 6.45) is 4.59. The van der Waals surface area contributed by atoms with Crippen LogP contribution in [0.5, 0.6) is 0 Å². The molecule has 0 aromatic heterocycles. The largest absolute Gasteiger partial charge is 0.383 e.